The minimum absolute atomic E-state index is 0.0155. The van der Waals surface area contributed by atoms with Gasteiger partial charge in [-0.2, -0.15) is 0 Å². The molecular weight excluding hydrogens is 516 g/mol. The third kappa shape index (κ3) is 6.93. The number of ether oxygens (including phenoxy) is 3. The number of carbonyl (C=O) groups excluding carboxylic acids is 3. The van der Waals surface area contributed by atoms with E-state index in [9.17, 15) is 24.6 Å². The first-order valence-corrected chi connectivity index (χ1v) is 13.0. The Morgan fingerprint density at radius 1 is 0.975 bits per heavy atom. The highest BCUT2D eigenvalue weighted by Gasteiger charge is 2.35. The van der Waals surface area contributed by atoms with Gasteiger partial charge in [-0.05, 0) is 92.9 Å². The van der Waals surface area contributed by atoms with Gasteiger partial charge in [-0.25, -0.2) is 9.59 Å². The van der Waals surface area contributed by atoms with Crippen LogP contribution in [0.2, 0.25) is 0 Å². The first-order valence-electron chi connectivity index (χ1n) is 13.0. The maximum atomic E-state index is 13.3. The number of benzene rings is 3. The molecule has 1 heterocycles. The van der Waals surface area contributed by atoms with Crippen molar-refractivity contribution in [3.8, 4) is 17.2 Å². The van der Waals surface area contributed by atoms with Crippen molar-refractivity contribution in [2.45, 2.75) is 51.4 Å². The Morgan fingerprint density at radius 2 is 1.70 bits per heavy atom. The first kappa shape index (κ1) is 28.5. The second kappa shape index (κ2) is 11.7. The molecule has 0 aliphatic carbocycles. The zero-order valence-corrected chi connectivity index (χ0v) is 23.0. The number of nitrogens with one attached hydrogen (secondary N) is 1. The van der Waals surface area contributed by atoms with E-state index >= 15 is 0 Å². The minimum Gasteiger partial charge on any atom is -0.508 e. The summed E-state index contributed by atoms with van der Waals surface area (Å²) < 4.78 is 16.7. The Morgan fingerprint density at radius 3 is 2.38 bits per heavy atom. The molecule has 212 valence electrons. The molecule has 2 atom stereocenters. The van der Waals surface area contributed by atoms with Crippen molar-refractivity contribution >= 4 is 28.7 Å². The van der Waals surface area contributed by atoms with Gasteiger partial charge in [0.2, 0.25) is 0 Å². The van der Waals surface area contributed by atoms with Crippen molar-refractivity contribution in [2.24, 2.45) is 0 Å². The van der Waals surface area contributed by atoms with E-state index < -0.39 is 35.7 Å². The molecule has 1 aliphatic rings. The highest BCUT2D eigenvalue weighted by Crippen LogP contribution is 2.29. The first-order chi connectivity index (χ1) is 18.9. The topological polar surface area (TPSA) is 135 Å². The summed E-state index contributed by atoms with van der Waals surface area (Å²) in [6.07, 6.45) is -0.497. The molecule has 0 saturated carbocycles. The standard InChI is InChI=1S/C30H34N2O8/c1-30(2,3)40-29(37)32-13-5-6-26(24(17-32)31-27(35)18-7-10-21(33)11-8-18)39-28(36)23-15-20-14-22(38-4)12-9-19(20)16-25(23)34/h7-12,14-16,24,26,33-34H,5-6,13,17H2,1-4H3,(H,31,35). The van der Waals surface area contributed by atoms with E-state index in [0.717, 1.165) is 5.39 Å². The molecule has 0 radical (unpaired) electrons. The Bertz CT molecular complexity index is 1400. The summed E-state index contributed by atoms with van der Waals surface area (Å²) in [4.78, 5) is 40.8. The number of hydrogen-bond acceptors (Lipinski definition) is 8. The fraction of sp³-hybridized carbons (Fsp3) is 0.367. The molecule has 3 aromatic rings. The lowest BCUT2D eigenvalue weighted by atomic mass is 10.0. The molecule has 1 aliphatic heterocycles. The Labute approximate surface area is 232 Å². The number of phenols is 2. The predicted octanol–water partition coefficient (Wildman–Crippen LogP) is 4.61. The summed E-state index contributed by atoms with van der Waals surface area (Å²) in [7, 11) is 1.54. The highest BCUT2D eigenvalue weighted by molar-refractivity contribution is 5.99. The highest BCUT2D eigenvalue weighted by atomic mass is 16.6. The van der Waals surface area contributed by atoms with E-state index in [0.29, 0.717) is 30.5 Å². The van der Waals surface area contributed by atoms with Crippen LogP contribution < -0.4 is 10.1 Å². The average molecular weight is 551 g/mol. The van der Waals surface area contributed by atoms with Gasteiger partial charge in [-0.1, -0.05) is 6.07 Å². The quantitative estimate of drug-likeness (QED) is 0.392. The molecule has 10 nitrogen and oxygen atoms in total. The minimum atomic E-state index is -0.804. The van der Waals surface area contributed by atoms with Crippen molar-refractivity contribution in [3.63, 3.8) is 0 Å². The van der Waals surface area contributed by atoms with Crippen LogP contribution in [0.1, 0.15) is 54.3 Å². The number of methoxy groups -OCH3 is 1. The van der Waals surface area contributed by atoms with Crippen LogP contribution in [0.4, 0.5) is 4.79 Å². The zero-order chi connectivity index (χ0) is 29.0. The summed E-state index contributed by atoms with van der Waals surface area (Å²) in [6.45, 7) is 5.68. The number of phenolic OH excluding ortho intramolecular Hbond substituents is 2. The van der Waals surface area contributed by atoms with E-state index in [-0.39, 0.29) is 29.2 Å². The van der Waals surface area contributed by atoms with Crippen LogP contribution in [0.15, 0.2) is 54.6 Å². The molecule has 4 rings (SSSR count). The smallest absolute Gasteiger partial charge is 0.410 e. The third-order valence-corrected chi connectivity index (χ3v) is 6.52. The van der Waals surface area contributed by atoms with Gasteiger partial charge in [-0.15, -0.1) is 0 Å². The van der Waals surface area contributed by atoms with Gasteiger partial charge in [0, 0.05) is 18.7 Å². The van der Waals surface area contributed by atoms with Crippen molar-refractivity contribution in [1.82, 2.24) is 10.2 Å². The Hall–Kier alpha value is -4.47. The number of esters is 1. The van der Waals surface area contributed by atoms with Gasteiger partial charge < -0.3 is 34.6 Å². The monoisotopic (exact) mass is 550 g/mol. The number of amides is 2. The van der Waals surface area contributed by atoms with Gasteiger partial charge in [0.25, 0.3) is 5.91 Å². The fourth-order valence-corrected chi connectivity index (χ4v) is 4.52. The lowest BCUT2D eigenvalue weighted by molar-refractivity contribution is 0.0126. The van der Waals surface area contributed by atoms with Gasteiger partial charge in [0.15, 0.2) is 0 Å². The Kier molecular flexibility index (Phi) is 8.37. The number of fused-ring (bicyclic) bond motifs is 1. The van der Waals surface area contributed by atoms with Crippen molar-refractivity contribution in [2.75, 3.05) is 20.2 Å². The van der Waals surface area contributed by atoms with Crippen molar-refractivity contribution in [1.29, 1.82) is 0 Å². The van der Waals surface area contributed by atoms with Crippen molar-refractivity contribution < 1.29 is 38.8 Å². The number of aromatic hydroxyl groups is 2. The van der Waals surface area contributed by atoms with Gasteiger partial charge in [0.05, 0.1) is 13.2 Å². The van der Waals surface area contributed by atoms with Gasteiger partial charge in [0.1, 0.15) is 34.5 Å². The van der Waals surface area contributed by atoms with Crippen LogP contribution in [0.25, 0.3) is 10.8 Å². The van der Waals surface area contributed by atoms with Crippen LogP contribution >= 0.6 is 0 Å². The molecule has 3 N–H and O–H groups in total. The zero-order valence-electron chi connectivity index (χ0n) is 23.0. The largest absolute Gasteiger partial charge is 0.508 e. The molecular formula is C30H34N2O8. The Balaban J connectivity index is 1.60. The normalized spacial score (nSPS) is 17.6. The molecule has 1 saturated heterocycles. The number of nitrogens with zero attached hydrogens (tertiary/aromatic N) is 1. The maximum Gasteiger partial charge on any atom is 0.410 e. The van der Waals surface area contributed by atoms with Crippen LogP contribution in [-0.4, -0.2) is 71.0 Å². The number of carbonyl (C=O) groups is 3. The second-order valence-corrected chi connectivity index (χ2v) is 10.7. The average Bonchev–Trinajstić information content (AvgIpc) is 3.09. The van der Waals surface area contributed by atoms with E-state index in [1.165, 1.54) is 48.4 Å². The lowest BCUT2D eigenvalue weighted by Gasteiger charge is -2.30. The molecule has 40 heavy (non-hydrogen) atoms. The summed E-state index contributed by atoms with van der Waals surface area (Å²) in [6, 6.07) is 13.2. The van der Waals surface area contributed by atoms with Crippen LogP contribution in [-0.2, 0) is 9.47 Å². The van der Waals surface area contributed by atoms with Crippen molar-refractivity contribution in [3.05, 3.63) is 65.7 Å². The van der Waals surface area contributed by atoms with Gasteiger partial charge in [-0.3, -0.25) is 4.79 Å². The van der Waals surface area contributed by atoms with Gasteiger partial charge >= 0.3 is 12.1 Å². The van der Waals surface area contributed by atoms with E-state index in [4.69, 9.17) is 14.2 Å². The fourth-order valence-electron chi connectivity index (χ4n) is 4.52. The molecule has 0 bridgehead atoms. The molecule has 2 amide bonds. The molecule has 10 heteroatoms. The molecule has 0 spiro atoms. The SMILES string of the molecule is COc1ccc2cc(O)c(C(=O)OC3CCCN(C(=O)OC(C)(C)C)CC3NC(=O)c3ccc(O)cc3)cc2c1. The molecule has 2 unspecified atom stereocenters. The predicted molar refractivity (Wildman–Crippen MR) is 148 cm³/mol. The van der Waals surface area contributed by atoms with E-state index in [2.05, 4.69) is 5.32 Å². The second-order valence-electron chi connectivity index (χ2n) is 10.7. The molecule has 3 aromatic carbocycles. The maximum absolute atomic E-state index is 13.3. The number of rotatable bonds is 5. The van der Waals surface area contributed by atoms with Crippen LogP contribution in [0.3, 0.4) is 0 Å². The number of likely N-dealkylation sites (tertiary alicyclic amines) is 1. The molecule has 1 fully saturated rings. The summed E-state index contributed by atoms with van der Waals surface area (Å²) in [5, 5.41) is 24.5. The molecule has 0 aromatic heterocycles. The summed E-state index contributed by atoms with van der Waals surface area (Å²) >= 11 is 0. The number of hydrogen-bond donors (Lipinski definition) is 3. The summed E-state index contributed by atoms with van der Waals surface area (Å²) in [5.74, 6) is -0.849. The van der Waals surface area contributed by atoms with Crippen LogP contribution in [0.5, 0.6) is 17.2 Å². The summed E-state index contributed by atoms with van der Waals surface area (Å²) in [5.41, 5.74) is -0.453. The van der Waals surface area contributed by atoms with E-state index in [1.807, 2.05) is 0 Å². The van der Waals surface area contributed by atoms with E-state index in [1.54, 1.807) is 39.0 Å². The third-order valence-electron chi connectivity index (χ3n) is 6.52. The van der Waals surface area contributed by atoms with Crippen LogP contribution in [0, 0.1) is 0 Å². The lowest BCUT2D eigenvalue weighted by Crippen LogP contribution is -2.51.